The summed E-state index contributed by atoms with van der Waals surface area (Å²) in [6.45, 7) is 0. The van der Waals surface area contributed by atoms with Gasteiger partial charge in [0.1, 0.15) is 5.82 Å². The second-order valence-electron chi connectivity index (χ2n) is 1.85. The number of hydrogen-bond donors (Lipinski definition) is 2. The molecular formula is C7H8FNS. The Balaban J connectivity index is 2.75. The lowest BCUT2D eigenvalue weighted by Crippen LogP contribution is -1.93. The predicted molar refractivity (Wildman–Crippen MR) is 43.9 cm³/mol. The summed E-state index contributed by atoms with van der Waals surface area (Å²) >= 11 is 3.93. The first kappa shape index (κ1) is 7.41. The van der Waals surface area contributed by atoms with Gasteiger partial charge < -0.3 is 5.32 Å². The van der Waals surface area contributed by atoms with Crippen molar-refractivity contribution in [3.8, 4) is 0 Å². The fourth-order valence-electron chi connectivity index (χ4n) is 0.690. The van der Waals surface area contributed by atoms with Gasteiger partial charge in [-0.25, -0.2) is 4.39 Å². The highest BCUT2D eigenvalue weighted by atomic mass is 32.1. The zero-order valence-electron chi connectivity index (χ0n) is 5.34. The standard InChI is InChI=1S/C7H8FNS/c8-6-2-1-3-7(4-6)9-5-10/h1-4,9-10H,5H2. The van der Waals surface area contributed by atoms with Crippen LogP contribution in [-0.4, -0.2) is 5.88 Å². The molecule has 0 aliphatic carbocycles. The third-order valence-electron chi connectivity index (χ3n) is 1.11. The van der Waals surface area contributed by atoms with Gasteiger partial charge in [0, 0.05) is 5.69 Å². The molecule has 0 radical (unpaired) electrons. The predicted octanol–water partition coefficient (Wildman–Crippen LogP) is 2.12. The lowest BCUT2D eigenvalue weighted by atomic mass is 10.3. The molecule has 1 rings (SSSR count). The van der Waals surface area contributed by atoms with Crippen LogP contribution >= 0.6 is 12.6 Å². The Morgan fingerprint density at radius 3 is 2.90 bits per heavy atom. The van der Waals surface area contributed by atoms with E-state index in [1.54, 1.807) is 12.1 Å². The molecule has 1 nitrogen and oxygen atoms in total. The van der Waals surface area contributed by atoms with Crippen LogP contribution in [0.4, 0.5) is 10.1 Å². The number of thiol groups is 1. The molecule has 0 aromatic heterocycles. The van der Waals surface area contributed by atoms with E-state index in [2.05, 4.69) is 17.9 Å². The van der Waals surface area contributed by atoms with Crippen molar-refractivity contribution >= 4 is 18.3 Å². The van der Waals surface area contributed by atoms with Crippen molar-refractivity contribution in [2.75, 3.05) is 11.2 Å². The lowest BCUT2D eigenvalue weighted by molar-refractivity contribution is 0.628. The van der Waals surface area contributed by atoms with Gasteiger partial charge in [0.2, 0.25) is 0 Å². The highest BCUT2D eigenvalue weighted by Crippen LogP contribution is 2.08. The van der Waals surface area contributed by atoms with Gasteiger partial charge in [-0.3, -0.25) is 0 Å². The van der Waals surface area contributed by atoms with Crippen molar-refractivity contribution < 1.29 is 4.39 Å². The van der Waals surface area contributed by atoms with Gasteiger partial charge in [0.25, 0.3) is 0 Å². The van der Waals surface area contributed by atoms with Gasteiger partial charge >= 0.3 is 0 Å². The van der Waals surface area contributed by atoms with Crippen molar-refractivity contribution in [1.29, 1.82) is 0 Å². The van der Waals surface area contributed by atoms with Crippen LogP contribution in [0, 0.1) is 5.82 Å². The maximum Gasteiger partial charge on any atom is 0.125 e. The van der Waals surface area contributed by atoms with Crippen LogP contribution in [0.15, 0.2) is 24.3 Å². The fourth-order valence-corrected chi connectivity index (χ4v) is 0.872. The van der Waals surface area contributed by atoms with E-state index in [1.807, 2.05) is 0 Å². The number of halogens is 1. The summed E-state index contributed by atoms with van der Waals surface area (Å²) in [6.07, 6.45) is 0. The molecule has 0 aliphatic rings. The average Bonchev–Trinajstić information content (AvgIpc) is 1.88. The van der Waals surface area contributed by atoms with Crippen LogP contribution in [0.5, 0.6) is 0 Å². The van der Waals surface area contributed by atoms with E-state index >= 15 is 0 Å². The maximum atomic E-state index is 12.4. The van der Waals surface area contributed by atoms with Crippen LogP contribution in [0.1, 0.15) is 0 Å². The molecular weight excluding hydrogens is 149 g/mol. The average molecular weight is 157 g/mol. The summed E-state index contributed by atoms with van der Waals surface area (Å²) in [7, 11) is 0. The molecule has 0 heterocycles. The molecule has 54 valence electrons. The summed E-state index contributed by atoms with van der Waals surface area (Å²) in [4.78, 5) is 0. The van der Waals surface area contributed by atoms with Crippen LogP contribution in [-0.2, 0) is 0 Å². The van der Waals surface area contributed by atoms with E-state index in [1.165, 1.54) is 12.1 Å². The van der Waals surface area contributed by atoms with Gasteiger partial charge in [-0.05, 0) is 18.2 Å². The molecule has 0 saturated heterocycles. The normalized spacial score (nSPS) is 9.40. The van der Waals surface area contributed by atoms with Crippen molar-refractivity contribution in [3.63, 3.8) is 0 Å². The lowest BCUT2D eigenvalue weighted by Gasteiger charge is -2.00. The van der Waals surface area contributed by atoms with E-state index in [0.29, 0.717) is 5.88 Å². The van der Waals surface area contributed by atoms with Crippen molar-refractivity contribution in [2.45, 2.75) is 0 Å². The third-order valence-corrected chi connectivity index (χ3v) is 1.27. The fraction of sp³-hybridized carbons (Fsp3) is 0.143. The SMILES string of the molecule is Fc1cccc(NCS)c1. The van der Waals surface area contributed by atoms with E-state index in [4.69, 9.17) is 0 Å². The molecule has 0 fully saturated rings. The number of nitrogens with one attached hydrogen (secondary N) is 1. The smallest absolute Gasteiger partial charge is 0.125 e. The second kappa shape index (κ2) is 3.46. The molecule has 0 unspecified atom stereocenters. The minimum atomic E-state index is -0.230. The zero-order chi connectivity index (χ0) is 7.40. The summed E-state index contributed by atoms with van der Waals surface area (Å²) < 4.78 is 12.4. The Labute approximate surface area is 64.7 Å². The Hall–Kier alpha value is -0.700. The van der Waals surface area contributed by atoms with Crippen LogP contribution in [0.3, 0.4) is 0 Å². The molecule has 0 saturated carbocycles. The Kier molecular flexibility index (Phi) is 2.57. The molecule has 10 heavy (non-hydrogen) atoms. The van der Waals surface area contributed by atoms with Gasteiger partial charge in [-0.2, -0.15) is 12.6 Å². The number of anilines is 1. The third kappa shape index (κ3) is 1.92. The molecule has 0 bridgehead atoms. The number of benzene rings is 1. The Morgan fingerprint density at radius 2 is 2.30 bits per heavy atom. The summed E-state index contributed by atoms with van der Waals surface area (Å²) in [6, 6.07) is 6.28. The van der Waals surface area contributed by atoms with Gasteiger partial charge in [-0.1, -0.05) is 6.07 Å². The van der Waals surface area contributed by atoms with E-state index in [0.717, 1.165) is 5.69 Å². The van der Waals surface area contributed by atoms with E-state index in [9.17, 15) is 4.39 Å². The molecule has 3 heteroatoms. The van der Waals surface area contributed by atoms with E-state index < -0.39 is 0 Å². The topological polar surface area (TPSA) is 12.0 Å². The first-order chi connectivity index (χ1) is 4.83. The first-order valence-electron chi connectivity index (χ1n) is 2.93. The Bertz CT molecular complexity index is 215. The van der Waals surface area contributed by atoms with Crippen LogP contribution < -0.4 is 5.32 Å². The van der Waals surface area contributed by atoms with E-state index in [-0.39, 0.29) is 5.82 Å². The highest BCUT2D eigenvalue weighted by Gasteiger charge is 1.90. The quantitative estimate of drug-likeness (QED) is 0.495. The molecule has 0 aliphatic heterocycles. The van der Waals surface area contributed by atoms with Gasteiger partial charge in [-0.15, -0.1) is 0 Å². The maximum absolute atomic E-state index is 12.4. The first-order valence-corrected chi connectivity index (χ1v) is 3.56. The second-order valence-corrected chi connectivity index (χ2v) is 2.16. The van der Waals surface area contributed by atoms with Crippen LogP contribution in [0.25, 0.3) is 0 Å². The Morgan fingerprint density at radius 1 is 1.50 bits per heavy atom. The summed E-state index contributed by atoms with van der Waals surface area (Å²) in [5.41, 5.74) is 0.759. The summed E-state index contributed by atoms with van der Waals surface area (Å²) in [5.74, 6) is 0.287. The van der Waals surface area contributed by atoms with Crippen molar-refractivity contribution in [3.05, 3.63) is 30.1 Å². The molecule has 1 N–H and O–H groups in total. The molecule has 0 amide bonds. The minimum absolute atomic E-state index is 0.230. The van der Waals surface area contributed by atoms with Crippen molar-refractivity contribution in [2.24, 2.45) is 0 Å². The molecule has 0 atom stereocenters. The monoisotopic (exact) mass is 157 g/mol. The van der Waals surface area contributed by atoms with Crippen LogP contribution in [0.2, 0.25) is 0 Å². The number of rotatable bonds is 2. The summed E-state index contributed by atoms with van der Waals surface area (Å²) in [5, 5.41) is 2.87. The molecule has 0 spiro atoms. The zero-order valence-corrected chi connectivity index (χ0v) is 6.24. The minimum Gasteiger partial charge on any atom is -0.376 e. The largest absolute Gasteiger partial charge is 0.376 e. The van der Waals surface area contributed by atoms with Crippen molar-refractivity contribution in [1.82, 2.24) is 0 Å². The van der Waals surface area contributed by atoms with Gasteiger partial charge in [0.15, 0.2) is 0 Å². The molecule has 1 aromatic carbocycles. The number of hydrogen-bond acceptors (Lipinski definition) is 2. The molecule has 1 aromatic rings. The van der Waals surface area contributed by atoms with Gasteiger partial charge in [0.05, 0.1) is 5.88 Å². The highest BCUT2D eigenvalue weighted by molar-refractivity contribution is 7.80.